The minimum atomic E-state index is 0.532. The molecule has 0 aromatic carbocycles. The molecule has 1 nitrogen and oxygen atoms in total. The van der Waals surface area contributed by atoms with Crippen molar-refractivity contribution in [1.29, 1.82) is 0 Å². The van der Waals surface area contributed by atoms with Crippen molar-refractivity contribution >= 4 is 9.24 Å². The maximum Gasteiger partial charge on any atom is -0.00482 e. The van der Waals surface area contributed by atoms with Gasteiger partial charge in [0.1, 0.15) is 0 Å². The smallest absolute Gasteiger partial charge is 0.00482 e. The molecule has 1 aliphatic rings. The Kier molecular flexibility index (Phi) is 1.60. The first-order valence-electron chi connectivity index (χ1n) is 3.13. The third kappa shape index (κ3) is 1.21. The van der Waals surface area contributed by atoms with Crippen LogP contribution in [0, 0.1) is 5.92 Å². The van der Waals surface area contributed by atoms with Gasteiger partial charge in [-0.05, 0) is 30.5 Å². The van der Waals surface area contributed by atoms with E-state index >= 15 is 0 Å². The standard InChI is InChI=1S/C6H14NP/c1-6(8)2-5(3-6)4-7/h5H,2-4,7-8H2,1H3. The summed E-state index contributed by atoms with van der Waals surface area (Å²) in [5.41, 5.74) is 5.45. The molecule has 1 atom stereocenters. The molecule has 1 unspecified atom stereocenters. The van der Waals surface area contributed by atoms with Gasteiger partial charge in [0.2, 0.25) is 0 Å². The molecule has 0 radical (unpaired) electrons. The predicted octanol–water partition coefficient (Wildman–Crippen LogP) is 0.989. The van der Waals surface area contributed by atoms with Crippen molar-refractivity contribution in [3.8, 4) is 0 Å². The quantitative estimate of drug-likeness (QED) is 0.527. The molecule has 0 aromatic heterocycles. The lowest BCUT2D eigenvalue weighted by Gasteiger charge is -2.41. The maximum atomic E-state index is 5.45. The van der Waals surface area contributed by atoms with Gasteiger partial charge in [-0.1, -0.05) is 6.92 Å². The largest absolute Gasteiger partial charge is 0.330 e. The predicted molar refractivity (Wildman–Crippen MR) is 39.9 cm³/mol. The fraction of sp³-hybridized carbons (Fsp3) is 1.00. The van der Waals surface area contributed by atoms with Gasteiger partial charge >= 0.3 is 0 Å². The summed E-state index contributed by atoms with van der Waals surface area (Å²) in [6.45, 7) is 3.15. The van der Waals surface area contributed by atoms with Crippen molar-refractivity contribution in [2.45, 2.75) is 24.9 Å². The maximum absolute atomic E-state index is 5.45. The number of hydrogen-bond acceptors (Lipinski definition) is 1. The number of rotatable bonds is 1. The third-order valence-electron chi connectivity index (χ3n) is 1.84. The van der Waals surface area contributed by atoms with Crippen molar-refractivity contribution in [3.63, 3.8) is 0 Å². The Morgan fingerprint density at radius 1 is 1.75 bits per heavy atom. The summed E-state index contributed by atoms with van der Waals surface area (Å²) in [5.74, 6) is 0.817. The second-order valence-corrected chi connectivity index (χ2v) is 4.56. The summed E-state index contributed by atoms with van der Waals surface area (Å²) in [7, 11) is 2.88. The fourth-order valence-corrected chi connectivity index (χ4v) is 2.09. The summed E-state index contributed by atoms with van der Waals surface area (Å²) >= 11 is 0. The van der Waals surface area contributed by atoms with Crippen LogP contribution in [0.1, 0.15) is 19.8 Å². The molecule has 48 valence electrons. The molecule has 0 amide bonds. The molecule has 2 N–H and O–H groups in total. The van der Waals surface area contributed by atoms with E-state index in [-0.39, 0.29) is 0 Å². The topological polar surface area (TPSA) is 26.0 Å². The van der Waals surface area contributed by atoms with Gasteiger partial charge in [0.25, 0.3) is 0 Å². The van der Waals surface area contributed by atoms with Gasteiger partial charge in [0, 0.05) is 0 Å². The second kappa shape index (κ2) is 1.97. The van der Waals surface area contributed by atoms with Gasteiger partial charge in [0.15, 0.2) is 0 Å². The zero-order valence-corrected chi connectivity index (χ0v) is 6.51. The number of hydrogen-bond donors (Lipinski definition) is 1. The van der Waals surface area contributed by atoms with Crippen LogP contribution in [0.3, 0.4) is 0 Å². The summed E-state index contributed by atoms with van der Waals surface area (Å²) in [4.78, 5) is 0. The van der Waals surface area contributed by atoms with Gasteiger partial charge in [-0.2, -0.15) is 0 Å². The first kappa shape index (κ1) is 6.51. The van der Waals surface area contributed by atoms with Gasteiger partial charge < -0.3 is 5.73 Å². The Labute approximate surface area is 53.2 Å². The molecule has 1 rings (SSSR count). The van der Waals surface area contributed by atoms with Crippen molar-refractivity contribution in [1.82, 2.24) is 0 Å². The fourth-order valence-electron chi connectivity index (χ4n) is 1.43. The van der Waals surface area contributed by atoms with Crippen molar-refractivity contribution in [2.75, 3.05) is 6.54 Å². The second-order valence-electron chi connectivity index (χ2n) is 3.16. The van der Waals surface area contributed by atoms with E-state index in [4.69, 9.17) is 5.73 Å². The van der Waals surface area contributed by atoms with Crippen molar-refractivity contribution in [2.24, 2.45) is 11.7 Å². The highest BCUT2D eigenvalue weighted by atomic mass is 31.0. The van der Waals surface area contributed by atoms with E-state index in [1.165, 1.54) is 12.8 Å². The molecule has 8 heavy (non-hydrogen) atoms. The van der Waals surface area contributed by atoms with Gasteiger partial charge in [-0.3, -0.25) is 0 Å². The minimum Gasteiger partial charge on any atom is -0.330 e. The highest BCUT2D eigenvalue weighted by molar-refractivity contribution is 7.19. The Bertz CT molecular complexity index is 82.5. The zero-order chi connectivity index (χ0) is 6.20. The van der Waals surface area contributed by atoms with E-state index in [1.54, 1.807) is 0 Å². The molecule has 0 spiro atoms. The van der Waals surface area contributed by atoms with E-state index in [0.29, 0.717) is 5.16 Å². The summed E-state index contributed by atoms with van der Waals surface area (Å²) in [6, 6.07) is 0. The SMILES string of the molecule is CC1(P)CC(CN)C1. The van der Waals surface area contributed by atoms with Crippen LogP contribution in [-0.4, -0.2) is 11.7 Å². The van der Waals surface area contributed by atoms with E-state index in [0.717, 1.165) is 12.5 Å². The monoisotopic (exact) mass is 131 g/mol. The molecular formula is C6H14NP. The third-order valence-corrected chi connectivity index (χ3v) is 2.31. The molecule has 1 saturated carbocycles. The normalized spacial score (nSPS) is 46.1. The molecule has 0 bridgehead atoms. The van der Waals surface area contributed by atoms with E-state index in [9.17, 15) is 0 Å². The zero-order valence-electron chi connectivity index (χ0n) is 5.35. The summed E-state index contributed by atoms with van der Waals surface area (Å²) in [6.07, 6.45) is 2.60. The van der Waals surface area contributed by atoms with Crippen LogP contribution < -0.4 is 5.73 Å². The lowest BCUT2D eigenvalue weighted by atomic mass is 9.75. The highest BCUT2D eigenvalue weighted by Gasteiger charge is 2.34. The van der Waals surface area contributed by atoms with Crippen molar-refractivity contribution in [3.05, 3.63) is 0 Å². The Morgan fingerprint density at radius 2 is 2.25 bits per heavy atom. The molecule has 2 heteroatoms. The Balaban J connectivity index is 2.21. The molecule has 0 aromatic rings. The van der Waals surface area contributed by atoms with E-state index in [1.807, 2.05) is 0 Å². The van der Waals surface area contributed by atoms with Crippen LogP contribution in [-0.2, 0) is 0 Å². The lowest BCUT2D eigenvalue weighted by Crippen LogP contribution is -2.39. The van der Waals surface area contributed by atoms with Crippen LogP contribution in [0.2, 0.25) is 0 Å². The molecule has 0 heterocycles. The molecule has 0 aliphatic heterocycles. The van der Waals surface area contributed by atoms with Crippen LogP contribution in [0.4, 0.5) is 0 Å². The lowest BCUT2D eigenvalue weighted by molar-refractivity contribution is 0.254. The highest BCUT2D eigenvalue weighted by Crippen LogP contribution is 2.43. The first-order chi connectivity index (χ1) is 3.64. The number of nitrogens with two attached hydrogens (primary N) is 1. The average molecular weight is 131 g/mol. The van der Waals surface area contributed by atoms with E-state index < -0.39 is 0 Å². The Hall–Kier alpha value is 0.390. The first-order valence-corrected chi connectivity index (χ1v) is 3.71. The molecule has 1 fully saturated rings. The van der Waals surface area contributed by atoms with Crippen LogP contribution in [0.15, 0.2) is 0 Å². The molecule has 0 saturated heterocycles. The van der Waals surface area contributed by atoms with Crippen molar-refractivity contribution < 1.29 is 0 Å². The van der Waals surface area contributed by atoms with Gasteiger partial charge in [-0.25, -0.2) is 0 Å². The summed E-state index contributed by atoms with van der Waals surface area (Å²) in [5, 5.41) is 0.532. The van der Waals surface area contributed by atoms with E-state index in [2.05, 4.69) is 16.2 Å². The molecular weight excluding hydrogens is 117 g/mol. The van der Waals surface area contributed by atoms with Crippen LogP contribution in [0.25, 0.3) is 0 Å². The average Bonchev–Trinajstić information content (AvgIpc) is 1.60. The van der Waals surface area contributed by atoms with Crippen LogP contribution >= 0.6 is 9.24 Å². The van der Waals surface area contributed by atoms with Gasteiger partial charge in [0.05, 0.1) is 0 Å². The summed E-state index contributed by atoms with van der Waals surface area (Å²) < 4.78 is 0. The van der Waals surface area contributed by atoms with Crippen LogP contribution in [0.5, 0.6) is 0 Å². The van der Waals surface area contributed by atoms with Gasteiger partial charge in [-0.15, -0.1) is 9.24 Å². The Morgan fingerprint density at radius 3 is 2.38 bits per heavy atom. The minimum absolute atomic E-state index is 0.532. The molecule has 1 aliphatic carbocycles.